The van der Waals surface area contributed by atoms with E-state index in [4.69, 9.17) is 4.74 Å². The van der Waals surface area contributed by atoms with Crippen LogP contribution in [0.25, 0.3) is 0 Å². The lowest BCUT2D eigenvalue weighted by molar-refractivity contribution is 0.201. The van der Waals surface area contributed by atoms with Crippen LogP contribution in [0.4, 0.5) is 0 Å². The first-order chi connectivity index (χ1) is 8.49. The summed E-state index contributed by atoms with van der Waals surface area (Å²) in [5, 5.41) is 10.1. The van der Waals surface area contributed by atoms with Gasteiger partial charge in [0.2, 0.25) is 0 Å². The van der Waals surface area contributed by atoms with Gasteiger partial charge < -0.3 is 9.84 Å². The van der Waals surface area contributed by atoms with Crippen molar-refractivity contribution < 1.29 is 9.84 Å². The number of aliphatic hydroxyl groups is 1. The van der Waals surface area contributed by atoms with E-state index >= 15 is 0 Å². The van der Waals surface area contributed by atoms with Gasteiger partial charge in [-0.1, -0.05) is 26.0 Å². The molecule has 0 radical (unpaired) electrons. The number of aliphatic hydroxyl groups excluding tert-OH is 1. The minimum Gasteiger partial charge on any atom is -0.491 e. The maximum Gasteiger partial charge on any atom is 0.120 e. The highest BCUT2D eigenvalue weighted by molar-refractivity contribution is 7.99. The van der Waals surface area contributed by atoms with E-state index in [0.717, 1.165) is 22.8 Å². The molecule has 0 bridgehead atoms. The van der Waals surface area contributed by atoms with Crippen molar-refractivity contribution in [3.63, 3.8) is 0 Å². The number of hydrogen-bond acceptors (Lipinski definition) is 3. The third kappa shape index (κ3) is 5.78. The van der Waals surface area contributed by atoms with E-state index in [1.165, 1.54) is 0 Å². The molecule has 0 heterocycles. The summed E-state index contributed by atoms with van der Waals surface area (Å²) in [5.41, 5.74) is 0.935. The maximum absolute atomic E-state index is 10.1. The van der Waals surface area contributed by atoms with Crippen molar-refractivity contribution >= 4 is 11.8 Å². The highest BCUT2D eigenvalue weighted by Crippen LogP contribution is 2.23. The summed E-state index contributed by atoms with van der Waals surface area (Å²) in [6, 6.07) is 7.75. The van der Waals surface area contributed by atoms with E-state index in [1.54, 1.807) is 11.8 Å². The van der Waals surface area contributed by atoms with E-state index in [1.807, 2.05) is 38.1 Å². The summed E-state index contributed by atoms with van der Waals surface area (Å²) in [6.45, 7) is 8.39. The van der Waals surface area contributed by atoms with Gasteiger partial charge in [-0.05, 0) is 43.2 Å². The molecule has 102 valence electrons. The van der Waals surface area contributed by atoms with Crippen LogP contribution in [0.3, 0.4) is 0 Å². The summed E-state index contributed by atoms with van der Waals surface area (Å²) in [7, 11) is 0. The zero-order valence-corrected chi connectivity index (χ0v) is 12.5. The Morgan fingerprint density at radius 3 is 2.50 bits per heavy atom. The molecule has 2 nitrogen and oxygen atoms in total. The monoisotopic (exact) mass is 268 g/mol. The first kappa shape index (κ1) is 15.4. The highest BCUT2D eigenvalue weighted by Gasteiger charge is 2.09. The molecule has 0 aliphatic carbocycles. The maximum atomic E-state index is 10.1. The van der Waals surface area contributed by atoms with Crippen molar-refractivity contribution in [3.8, 4) is 5.75 Å². The Hall–Kier alpha value is -0.670. The van der Waals surface area contributed by atoms with Gasteiger partial charge in [-0.25, -0.2) is 0 Å². The van der Waals surface area contributed by atoms with Gasteiger partial charge in [0.15, 0.2) is 0 Å². The fourth-order valence-electron chi connectivity index (χ4n) is 1.58. The molecule has 0 aliphatic rings. The Morgan fingerprint density at radius 1 is 1.17 bits per heavy atom. The van der Waals surface area contributed by atoms with Crippen LogP contribution in [-0.4, -0.2) is 22.7 Å². The predicted molar refractivity (Wildman–Crippen MR) is 79.3 cm³/mol. The fourth-order valence-corrected chi connectivity index (χ4v) is 2.60. The standard InChI is InChI=1S/C15H24O2S/c1-11(2)9-18-10-15(16)13-6-5-7-14(8-13)17-12(3)4/h5-8,11-12,15-16H,9-10H2,1-4H3. The van der Waals surface area contributed by atoms with Crippen molar-refractivity contribution in [2.24, 2.45) is 5.92 Å². The lowest BCUT2D eigenvalue weighted by atomic mass is 10.1. The molecule has 1 unspecified atom stereocenters. The minimum absolute atomic E-state index is 0.160. The van der Waals surface area contributed by atoms with Gasteiger partial charge in [-0.15, -0.1) is 0 Å². The van der Waals surface area contributed by atoms with Crippen molar-refractivity contribution in [1.29, 1.82) is 0 Å². The molecular weight excluding hydrogens is 244 g/mol. The van der Waals surface area contributed by atoms with Crippen molar-refractivity contribution in [1.82, 2.24) is 0 Å². The van der Waals surface area contributed by atoms with Crippen molar-refractivity contribution in [2.75, 3.05) is 11.5 Å². The molecule has 1 atom stereocenters. The lowest BCUT2D eigenvalue weighted by Gasteiger charge is -2.14. The SMILES string of the molecule is CC(C)CSCC(O)c1cccc(OC(C)C)c1. The number of rotatable bonds is 7. The first-order valence-electron chi connectivity index (χ1n) is 6.51. The molecule has 0 fully saturated rings. The largest absolute Gasteiger partial charge is 0.491 e. The molecule has 0 saturated heterocycles. The highest BCUT2D eigenvalue weighted by atomic mass is 32.2. The zero-order chi connectivity index (χ0) is 13.5. The molecule has 0 spiro atoms. The minimum atomic E-state index is -0.413. The van der Waals surface area contributed by atoms with Crippen LogP contribution in [0.2, 0.25) is 0 Å². The summed E-state index contributed by atoms with van der Waals surface area (Å²) in [6.07, 6.45) is -0.253. The van der Waals surface area contributed by atoms with Crippen LogP contribution in [0.15, 0.2) is 24.3 Å². The molecular formula is C15H24O2S. The van der Waals surface area contributed by atoms with Crippen LogP contribution >= 0.6 is 11.8 Å². The Bertz CT molecular complexity index is 350. The molecule has 0 amide bonds. The average molecular weight is 268 g/mol. The van der Waals surface area contributed by atoms with Gasteiger partial charge in [0.25, 0.3) is 0 Å². The second-order valence-corrected chi connectivity index (χ2v) is 6.26. The molecule has 18 heavy (non-hydrogen) atoms. The van der Waals surface area contributed by atoms with E-state index in [0.29, 0.717) is 5.92 Å². The number of benzene rings is 1. The van der Waals surface area contributed by atoms with Gasteiger partial charge in [0.1, 0.15) is 5.75 Å². The van der Waals surface area contributed by atoms with Crippen LogP contribution in [0, 0.1) is 5.92 Å². The third-order valence-electron chi connectivity index (χ3n) is 2.34. The molecule has 1 aromatic carbocycles. The van der Waals surface area contributed by atoms with Crippen LogP contribution in [0.1, 0.15) is 39.4 Å². The molecule has 0 aliphatic heterocycles. The molecule has 0 aromatic heterocycles. The summed E-state index contributed by atoms with van der Waals surface area (Å²) in [5.74, 6) is 3.32. The summed E-state index contributed by atoms with van der Waals surface area (Å²) < 4.78 is 5.63. The summed E-state index contributed by atoms with van der Waals surface area (Å²) >= 11 is 1.79. The molecule has 1 N–H and O–H groups in total. The van der Waals surface area contributed by atoms with Crippen LogP contribution < -0.4 is 4.74 Å². The molecule has 0 saturated carbocycles. The Kier molecular flexibility index (Phi) is 6.58. The number of ether oxygens (including phenoxy) is 1. The van der Waals surface area contributed by atoms with Gasteiger partial charge in [0, 0.05) is 5.75 Å². The molecule has 1 aromatic rings. The topological polar surface area (TPSA) is 29.5 Å². The van der Waals surface area contributed by atoms with Crippen LogP contribution in [-0.2, 0) is 0 Å². The molecule has 1 rings (SSSR count). The lowest BCUT2D eigenvalue weighted by Crippen LogP contribution is -2.07. The van der Waals surface area contributed by atoms with Gasteiger partial charge in [-0.2, -0.15) is 11.8 Å². The predicted octanol–water partition coefficient (Wildman–Crippen LogP) is 3.90. The van der Waals surface area contributed by atoms with Gasteiger partial charge in [-0.3, -0.25) is 0 Å². The Morgan fingerprint density at radius 2 is 1.89 bits per heavy atom. The molecule has 3 heteroatoms. The van der Waals surface area contributed by atoms with Crippen LogP contribution in [0.5, 0.6) is 5.75 Å². The summed E-state index contributed by atoms with van der Waals surface area (Å²) in [4.78, 5) is 0. The smallest absolute Gasteiger partial charge is 0.120 e. The zero-order valence-electron chi connectivity index (χ0n) is 11.7. The number of hydrogen-bond donors (Lipinski definition) is 1. The van der Waals surface area contributed by atoms with E-state index in [2.05, 4.69) is 13.8 Å². The van der Waals surface area contributed by atoms with E-state index in [-0.39, 0.29) is 6.10 Å². The third-order valence-corrected chi connectivity index (χ3v) is 3.80. The van der Waals surface area contributed by atoms with Gasteiger partial charge >= 0.3 is 0 Å². The average Bonchev–Trinajstić information content (AvgIpc) is 2.27. The van der Waals surface area contributed by atoms with Crippen molar-refractivity contribution in [3.05, 3.63) is 29.8 Å². The Balaban J connectivity index is 2.54. The van der Waals surface area contributed by atoms with E-state index in [9.17, 15) is 5.11 Å². The second kappa shape index (κ2) is 7.70. The second-order valence-electron chi connectivity index (χ2n) is 5.19. The first-order valence-corrected chi connectivity index (χ1v) is 7.67. The van der Waals surface area contributed by atoms with E-state index < -0.39 is 6.10 Å². The van der Waals surface area contributed by atoms with Gasteiger partial charge in [0.05, 0.1) is 12.2 Å². The normalized spacial score (nSPS) is 13.1. The quantitative estimate of drug-likeness (QED) is 0.813. The van der Waals surface area contributed by atoms with Crippen molar-refractivity contribution in [2.45, 2.75) is 39.9 Å². The fraction of sp³-hybridized carbons (Fsp3) is 0.600. The number of thioether (sulfide) groups is 1. The Labute approximate surface area is 115 Å².